The van der Waals surface area contributed by atoms with E-state index in [0.717, 1.165) is 46.5 Å². The molecule has 3 aromatic rings. The van der Waals surface area contributed by atoms with Gasteiger partial charge in [0, 0.05) is 17.3 Å². The molecule has 1 unspecified atom stereocenters. The van der Waals surface area contributed by atoms with Crippen molar-refractivity contribution in [3.8, 4) is 5.75 Å². The molecule has 33 heavy (non-hydrogen) atoms. The molecular weight excluding hydrogens is 412 g/mol. The lowest BCUT2D eigenvalue weighted by Gasteiger charge is -2.36. The van der Waals surface area contributed by atoms with Crippen molar-refractivity contribution in [1.82, 2.24) is 4.90 Å². The van der Waals surface area contributed by atoms with Gasteiger partial charge < -0.3 is 15.0 Å². The van der Waals surface area contributed by atoms with Crippen LogP contribution in [0.2, 0.25) is 0 Å². The minimum absolute atomic E-state index is 0.0735. The van der Waals surface area contributed by atoms with E-state index in [4.69, 9.17) is 4.74 Å². The second kappa shape index (κ2) is 8.39. The van der Waals surface area contributed by atoms with Crippen molar-refractivity contribution in [3.63, 3.8) is 0 Å². The summed E-state index contributed by atoms with van der Waals surface area (Å²) < 4.78 is 5.61. The third-order valence-corrected chi connectivity index (χ3v) is 7.01. The van der Waals surface area contributed by atoms with Gasteiger partial charge in [-0.3, -0.25) is 9.59 Å². The Morgan fingerprint density at radius 3 is 2.48 bits per heavy atom. The van der Waals surface area contributed by atoms with Crippen molar-refractivity contribution in [2.45, 2.75) is 45.2 Å². The number of ether oxygens (including phenoxy) is 1. The zero-order valence-corrected chi connectivity index (χ0v) is 19.2. The number of carbonyl (C=O) groups is 2. The van der Waals surface area contributed by atoms with Crippen LogP contribution in [0.5, 0.6) is 5.75 Å². The smallest absolute Gasteiger partial charge is 0.255 e. The molecule has 0 saturated carbocycles. The predicted molar refractivity (Wildman–Crippen MR) is 129 cm³/mol. The van der Waals surface area contributed by atoms with Gasteiger partial charge in [0.05, 0.1) is 7.11 Å². The lowest BCUT2D eigenvalue weighted by Crippen LogP contribution is -2.45. The quantitative estimate of drug-likeness (QED) is 0.621. The third-order valence-electron chi connectivity index (χ3n) is 7.01. The molecule has 5 rings (SSSR count). The van der Waals surface area contributed by atoms with Crippen molar-refractivity contribution in [3.05, 3.63) is 94.0 Å². The Hall–Kier alpha value is -3.60. The maximum Gasteiger partial charge on any atom is 0.255 e. The minimum atomic E-state index is -0.658. The van der Waals surface area contributed by atoms with E-state index in [-0.39, 0.29) is 17.9 Å². The molecule has 168 valence electrons. The maximum absolute atomic E-state index is 13.7. The van der Waals surface area contributed by atoms with Gasteiger partial charge in [0.15, 0.2) is 0 Å². The molecule has 2 amide bonds. The number of para-hydroxylation sites is 1. The standard InChI is InChI=1S/C28H28N2O3/c1-17-8-6-9-18(2)25(17)29-27(31)26-21-11-4-5-12-22(21)28(32)30(26)20-15-14-19-10-7-13-24(33-3)23(19)16-20/h4-13,20,26H,14-16H2,1-3H3,(H,29,31)/t20-,26?/m1/s1. The fourth-order valence-corrected chi connectivity index (χ4v) is 5.35. The van der Waals surface area contributed by atoms with Crippen molar-refractivity contribution >= 4 is 17.5 Å². The summed E-state index contributed by atoms with van der Waals surface area (Å²) >= 11 is 0. The summed E-state index contributed by atoms with van der Waals surface area (Å²) in [5, 5.41) is 3.14. The van der Waals surface area contributed by atoms with E-state index in [1.165, 1.54) is 5.56 Å². The van der Waals surface area contributed by atoms with E-state index in [0.29, 0.717) is 12.0 Å². The fraction of sp³-hybridized carbons (Fsp3) is 0.286. The molecule has 0 radical (unpaired) electrons. The average Bonchev–Trinajstić information content (AvgIpc) is 3.13. The minimum Gasteiger partial charge on any atom is -0.496 e. The van der Waals surface area contributed by atoms with Gasteiger partial charge in [-0.15, -0.1) is 0 Å². The molecule has 1 heterocycles. The topological polar surface area (TPSA) is 58.6 Å². The first-order chi connectivity index (χ1) is 16.0. The van der Waals surface area contributed by atoms with Gasteiger partial charge in [-0.2, -0.15) is 0 Å². The van der Waals surface area contributed by atoms with Crippen molar-refractivity contribution in [2.24, 2.45) is 0 Å². The molecule has 2 atom stereocenters. The second-order valence-electron chi connectivity index (χ2n) is 8.95. The number of amides is 2. The van der Waals surface area contributed by atoms with Crippen LogP contribution in [0.4, 0.5) is 5.69 Å². The monoisotopic (exact) mass is 440 g/mol. The highest BCUT2D eigenvalue weighted by Crippen LogP contribution is 2.41. The third kappa shape index (κ3) is 3.58. The van der Waals surface area contributed by atoms with Crippen molar-refractivity contribution in [2.75, 3.05) is 12.4 Å². The number of carbonyl (C=O) groups excluding carboxylic acids is 2. The first-order valence-electron chi connectivity index (χ1n) is 11.4. The highest BCUT2D eigenvalue weighted by Gasteiger charge is 2.45. The number of anilines is 1. The summed E-state index contributed by atoms with van der Waals surface area (Å²) in [4.78, 5) is 29.1. The Balaban J connectivity index is 1.52. The van der Waals surface area contributed by atoms with Crippen molar-refractivity contribution < 1.29 is 14.3 Å². The predicted octanol–water partition coefficient (Wildman–Crippen LogP) is 5.01. The average molecular weight is 441 g/mol. The highest BCUT2D eigenvalue weighted by atomic mass is 16.5. The van der Waals surface area contributed by atoms with E-state index < -0.39 is 6.04 Å². The Bertz CT molecular complexity index is 1220. The van der Waals surface area contributed by atoms with Crippen LogP contribution in [0.1, 0.15) is 50.6 Å². The number of hydrogen-bond donors (Lipinski definition) is 1. The highest BCUT2D eigenvalue weighted by molar-refractivity contribution is 6.08. The van der Waals surface area contributed by atoms with Crippen molar-refractivity contribution in [1.29, 1.82) is 0 Å². The van der Waals surface area contributed by atoms with Crippen LogP contribution >= 0.6 is 0 Å². The van der Waals surface area contributed by atoms with Gasteiger partial charge in [-0.1, -0.05) is 48.5 Å². The number of fused-ring (bicyclic) bond motifs is 2. The normalized spacial score (nSPS) is 19.1. The number of methoxy groups -OCH3 is 1. The van der Waals surface area contributed by atoms with Gasteiger partial charge in [0.1, 0.15) is 11.8 Å². The summed E-state index contributed by atoms with van der Waals surface area (Å²) in [7, 11) is 1.68. The van der Waals surface area contributed by atoms with E-state index >= 15 is 0 Å². The Kier molecular flexibility index (Phi) is 5.41. The Labute approximate surface area is 194 Å². The molecule has 5 heteroatoms. The summed E-state index contributed by atoms with van der Waals surface area (Å²) in [5.41, 5.74) is 6.60. The molecule has 5 nitrogen and oxygen atoms in total. The number of benzene rings is 3. The molecule has 0 saturated heterocycles. The van der Waals surface area contributed by atoms with E-state index in [9.17, 15) is 9.59 Å². The van der Waals surface area contributed by atoms with Crippen LogP contribution in [0, 0.1) is 13.8 Å². The molecule has 1 N–H and O–H groups in total. The van der Waals surface area contributed by atoms with E-state index in [1.807, 2.05) is 73.3 Å². The number of nitrogens with one attached hydrogen (secondary N) is 1. The van der Waals surface area contributed by atoms with Crippen LogP contribution in [0.15, 0.2) is 60.7 Å². The van der Waals surface area contributed by atoms with Crippen LogP contribution < -0.4 is 10.1 Å². The van der Waals surface area contributed by atoms with Gasteiger partial charge in [-0.25, -0.2) is 0 Å². The van der Waals surface area contributed by atoms with Gasteiger partial charge in [0.25, 0.3) is 11.8 Å². The summed E-state index contributed by atoms with van der Waals surface area (Å²) in [6.07, 6.45) is 2.34. The number of aryl methyl sites for hydroxylation is 3. The summed E-state index contributed by atoms with van der Waals surface area (Å²) in [5.74, 6) is 0.602. The van der Waals surface area contributed by atoms with Crippen LogP contribution in [-0.4, -0.2) is 29.9 Å². The largest absolute Gasteiger partial charge is 0.496 e. The van der Waals surface area contributed by atoms with Crippen LogP contribution in [0.3, 0.4) is 0 Å². The first-order valence-corrected chi connectivity index (χ1v) is 11.4. The zero-order chi connectivity index (χ0) is 23.1. The molecule has 1 aliphatic carbocycles. The molecule has 3 aromatic carbocycles. The van der Waals surface area contributed by atoms with Gasteiger partial charge in [-0.05, 0) is 73.1 Å². The molecule has 1 aliphatic heterocycles. The zero-order valence-electron chi connectivity index (χ0n) is 19.2. The molecule has 0 spiro atoms. The number of rotatable bonds is 4. The van der Waals surface area contributed by atoms with Gasteiger partial charge >= 0.3 is 0 Å². The van der Waals surface area contributed by atoms with Gasteiger partial charge in [0.2, 0.25) is 0 Å². The number of nitrogens with zero attached hydrogens (tertiary/aromatic N) is 1. The number of hydrogen-bond acceptors (Lipinski definition) is 3. The Morgan fingerprint density at radius 2 is 1.73 bits per heavy atom. The fourth-order valence-electron chi connectivity index (χ4n) is 5.35. The van der Waals surface area contributed by atoms with E-state index in [1.54, 1.807) is 7.11 Å². The molecule has 0 fully saturated rings. The van der Waals surface area contributed by atoms with E-state index in [2.05, 4.69) is 11.4 Å². The summed E-state index contributed by atoms with van der Waals surface area (Å²) in [6.45, 7) is 3.97. The molecule has 0 aromatic heterocycles. The maximum atomic E-state index is 13.7. The summed E-state index contributed by atoms with van der Waals surface area (Å²) in [6, 6.07) is 18.8. The first kappa shape index (κ1) is 21.3. The Morgan fingerprint density at radius 1 is 1.00 bits per heavy atom. The second-order valence-corrected chi connectivity index (χ2v) is 8.95. The lowest BCUT2D eigenvalue weighted by molar-refractivity contribution is -0.121. The van der Waals surface area contributed by atoms with Crippen LogP contribution in [-0.2, 0) is 17.6 Å². The molecule has 0 bridgehead atoms. The SMILES string of the molecule is COc1cccc2c1C[C@H](N1C(=O)c3ccccc3C1C(=O)Nc1c(C)cccc1C)CC2. The van der Waals surface area contributed by atoms with Crippen LogP contribution in [0.25, 0.3) is 0 Å². The lowest BCUT2D eigenvalue weighted by atomic mass is 9.86. The molecular formula is C28H28N2O3. The molecule has 2 aliphatic rings.